The highest BCUT2D eigenvalue weighted by Crippen LogP contribution is 2.40. The summed E-state index contributed by atoms with van der Waals surface area (Å²) in [5.74, 6) is 0. The Hall–Kier alpha value is -7.50. The van der Waals surface area contributed by atoms with Gasteiger partial charge in [0.25, 0.3) is 0 Å². The third kappa shape index (κ3) is 6.36. The molecule has 0 radical (unpaired) electrons. The van der Waals surface area contributed by atoms with Gasteiger partial charge in [-0.05, 0) is 123 Å². The predicted octanol–water partition coefficient (Wildman–Crippen LogP) is 13.6. The summed E-state index contributed by atoms with van der Waals surface area (Å²) < 4.78 is 4.69. The highest BCUT2D eigenvalue weighted by molar-refractivity contribution is 6.23. The molecule has 0 amide bonds. The largest absolute Gasteiger partial charge is 0.317 e. The number of nitrogens with two attached hydrogens (primary N) is 1. The number of para-hydroxylation sites is 1. The van der Waals surface area contributed by atoms with E-state index in [0.29, 0.717) is 0 Å². The minimum Gasteiger partial charge on any atom is -0.317 e. The van der Waals surface area contributed by atoms with Gasteiger partial charge in [-0.1, -0.05) is 146 Å². The number of rotatable bonds is 9. The minimum atomic E-state index is -0.440. The SMILES string of the molecule is NC(NC(c1ccccc1)c1cc(-c2ccccc2)cc(-c2ccccc2)c1)c1ccc(-n2c3cc4ccccc4cc3c3c4ccn(-c5ccccc5)c4ccc32)cc1. The molecule has 11 rings (SSSR count). The molecule has 0 saturated carbocycles. The van der Waals surface area contributed by atoms with E-state index in [-0.39, 0.29) is 6.04 Å². The van der Waals surface area contributed by atoms with Gasteiger partial charge < -0.3 is 14.9 Å². The van der Waals surface area contributed by atoms with E-state index in [2.05, 4.69) is 239 Å². The number of nitrogens with zero attached hydrogens (tertiary/aromatic N) is 2. The Morgan fingerprint density at radius 3 is 1.60 bits per heavy atom. The van der Waals surface area contributed by atoms with Gasteiger partial charge in [0, 0.05) is 33.7 Å². The van der Waals surface area contributed by atoms with Crippen LogP contribution in [0.3, 0.4) is 0 Å². The van der Waals surface area contributed by atoms with Crippen LogP contribution in [0.4, 0.5) is 0 Å². The molecule has 4 nitrogen and oxygen atoms in total. The Balaban J connectivity index is 0.999. The molecule has 2 heterocycles. The molecule has 2 aromatic heterocycles. The van der Waals surface area contributed by atoms with Crippen molar-refractivity contribution in [3.05, 3.63) is 241 Å². The number of hydrogen-bond donors (Lipinski definition) is 2. The van der Waals surface area contributed by atoms with Crippen molar-refractivity contribution < 1.29 is 0 Å². The highest BCUT2D eigenvalue weighted by atomic mass is 15.1. The molecule has 0 aliphatic heterocycles. The second-order valence-electron chi connectivity index (χ2n) is 15.6. The first kappa shape index (κ1) is 35.6. The topological polar surface area (TPSA) is 47.9 Å². The fourth-order valence-electron chi connectivity index (χ4n) is 9.06. The molecule has 0 aliphatic carbocycles. The van der Waals surface area contributed by atoms with Crippen molar-refractivity contribution in [2.24, 2.45) is 5.73 Å². The van der Waals surface area contributed by atoms with Gasteiger partial charge in [0.15, 0.2) is 0 Å². The number of nitrogens with one attached hydrogen (secondary N) is 1. The number of aromatic nitrogens is 2. The summed E-state index contributed by atoms with van der Waals surface area (Å²) in [5.41, 5.74) is 20.9. The van der Waals surface area contributed by atoms with E-state index in [1.807, 2.05) is 0 Å². The van der Waals surface area contributed by atoms with Gasteiger partial charge >= 0.3 is 0 Å². The molecular formula is C56H42N4. The van der Waals surface area contributed by atoms with E-state index in [4.69, 9.17) is 5.73 Å². The van der Waals surface area contributed by atoms with Crippen molar-refractivity contribution >= 4 is 43.5 Å². The van der Waals surface area contributed by atoms with Crippen molar-refractivity contribution in [1.29, 1.82) is 0 Å². The summed E-state index contributed by atoms with van der Waals surface area (Å²) in [7, 11) is 0. The molecule has 9 aromatic carbocycles. The lowest BCUT2D eigenvalue weighted by Gasteiger charge is -2.26. The minimum absolute atomic E-state index is 0.164. The maximum Gasteiger partial charge on any atom is 0.0817 e. The number of fused-ring (bicyclic) bond motifs is 6. The van der Waals surface area contributed by atoms with Crippen LogP contribution in [0.1, 0.15) is 28.9 Å². The summed E-state index contributed by atoms with van der Waals surface area (Å²) >= 11 is 0. The van der Waals surface area contributed by atoms with Gasteiger partial charge in [-0.2, -0.15) is 0 Å². The summed E-state index contributed by atoms with van der Waals surface area (Å²) in [6, 6.07) is 78.1. The van der Waals surface area contributed by atoms with Gasteiger partial charge in [0.05, 0.1) is 28.8 Å². The molecule has 2 unspecified atom stereocenters. The summed E-state index contributed by atoms with van der Waals surface area (Å²) in [5, 5.41) is 10.0. The fraction of sp³-hybridized carbons (Fsp3) is 0.0357. The maximum atomic E-state index is 7.17. The van der Waals surface area contributed by atoms with Crippen LogP contribution in [0.2, 0.25) is 0 Å². The molecule has 11 aromatic rings. The highest BCUT2D eigenvalue weighted by Gasteiger charge is 2.22. The molecule has 0 fully saturated rings. The Bertz CT molecular complexity index is 3220. The molecule has 3 N–H and O–H groups in total. The third-order valence-electron chi connectivity index (χ3n) is 12.0. The van der Waals surface area contributed by atoms with Gasteiger partial charge in [0.2, 0.25) is 0 Å². The van der Waals surface area contributed by atoms with Crippen LogP contribution in [0.15, 0.2) is 225 Å². The number of benzene rings is 9. The first-order valence-corrected chi connectivity index (χ1v) is 20.6. The second-order valence-corrected chi connectivity index (χ2v) is 15.6. The van der Waals surface area contributed by atoms with E-state index >= 15 is 0 Å². The van der Waals surface area contributed by atoms with Crippen LogP contribution < -0.4 is 11.1 Å². The molecule has 0 bridgehead atoms. The van der Waals surface area contributed by atoms with Gasteiger partial charge in [-0.25, -0.2) is 0 Å². The smallest absolute Gasteiger partial charge is 0.0817 e. The van der Waals surface area contributed by atoms with E-state index < -0.39 is 6.17 Å². The zero-order chi connectivity index (χ0) is 40.0. The number of hydrogen-bond acceptors (Lipinski definition) is 2. The Kier molecular flexibility index (Phi) is 8.93. The van der Waals surface area contributed by atoms with E-state index in [9.17, 15) is 0 Å². The fourth-order valence-corrected chi connectivity index (χ4v) is 9.06. The van der Waals surface area contributed by atoms with Gasteiger partial charge in [0.1, 0.15) is 0 Å². The maximum absolute atomic E-state index is 7.17. The summed E-state index contributed by atoms with van der Waals surface area (Å²) in [6.07, 6.45) is 1.75. The second kappa shape index (κ2) is 15.0. The third-order valence-corrected chi connectivity index (χ3v) is 12.0. The average molecular weight is 771 g/mol. The van der Waals surface area contributed by atoms with Crippen LogP contribution in [0.5, 0.6) is 0 Å². The van der Waals surface area contributed by atoms with Crippen molar-refractivity contribution in [2.45, 2.75) is 12.2 Å². The Morgan fingerprint density at radius 2 is 0.950 bits per heavy atom. The van der Waals surface area contributed by atoms with Crippen molar-refractivity contribution in [2.75, 3.05) is 0 Å². The van der Waals surface area contributed by atoms with E-state index in [0.717, 1.165) is 28.1 Å². The van der Waals surface area contributed by atoms with Crippen LogP contribution >= 0.6 is 0 Å². The van der Waals surface area contributed by atoms with E-state index in [1.165, 1.54) is 65.7 Å². The van der Waals surface area contributed by atoms with Crippen LogP contribution in [-0.4, -0.2) is 9.13 Å². The Labute approximate surface area is 349 Å². The zero-order valence-electron chi connectivity index (χ0n) is 33.0. The van der Waals surface area contributed by atoms with Crippen molar-refractivity contribution in [3.8, 4) is 33.6 Å². The zero-order valence-corrected chi connectivity index (χ0v) is 33.0. The molecule has 4 heteroatoms. The molecule has 0 aliphatic rings. The van der Waals surface area contributed by atoms with Gasteiger partial charge in [-0.3, -0.25) is 5.32 Å². The Morgan fingerprint density at radius 1 is 0.383 bits per heavy atom. The molecular weight excluding hydrogens is 729 g/mol. The predicted molar refractivity (Wildman–Crippen MR) is 251 cm³/mol. The molecule has 0 spiro atoms. The summed E-state index contributed by atoms with van der Waals surface area (Å²) in [4.78, 5) is 0. The quantitative estimate of drug-likeness (QED) is 0.144. The lowest BCUT2D eigenvalue weighted by atomic mass is 9.90. The van der Waals surface area contributed by atoms with Crippen LogP contribution in [0.25, 0.3) is 77.1 Å². The lowest BCUT2D eigenvalue weighted by molar-refractivity contribution is 0.499. The standard InChI is InChI=1S/C56H42N4/c57-56(58-55(40-19-9-3-10-20-40)46-34-44(38-15-5-1-6-16-38)33-45(35-46)39-17-7-2-8-18-39)41-25-27-48(28-26-41)60-52-30-29-51-49(31-32-59(51)47-23-11-4-12-24-47)54(52)50-36-42-21-13-14-22-43(42)37-53(50)60/h1-37,55-56,58H,57H2. The average Bonchev–Trinajstić information content (AvgIpc) is 3.90. The van der Waals surface area contributed by atoms with Crippen molar-refractivity contribution in [1.82, 2.24) is 14.5 Å². The molecule has 286 valence electrons. The monoisotopic (exact) mass is 770 g/mol. The van der Waals surface area contributed by atoms with Gasteiger partial charge in [-0.15, -0.1) is 0 Å². The lowest BCUT2D eigenvalue weighted by Crippen LogP contribution is -2.33. The molecule has 0 saturated heterocycles. The van der Waals surface area contributed by atoms with Crippen LogP contribution in [-0.2, 0) is 0 Å². The normalized spacial score (nSPS) is 12.7. The van der Waals surface area contributed by atoms with Crippen LogP contribution in [0, 0.1) is 0 Å². The molecule has 60 heavy (non-hydrogen) atoms. The summed E-state index contributed by atoms with van der Waals surface area (Å²) in [6.45, 7) is 0. The van der Waals surface area contributed by atoms with E-state index in [1.54, 1.807) is 0 Å². The first-order valence-electron chi connectivity index (χ1n) is 20.6. The first-order chi connectivity index (χ1) is 29.7. The molecule has 2 atom stereocenters. The van der Waals surface area contributed by atoms with Crippen molar-refractivity contribution in [3.63, 3.8) is 0 Å².